The van der Waals surface area contributed by atoms with Gasteiger partial charge in [-0.25, -0.2) is 0 Å². The van der Waals surface area contributed by atoms with Crippen LogP contribution in [0.5, 0.6) is 5.75 Å². The molecule has 62 heavy (non-hydrogen) atoms. The SMILES string of the molecule is Cc1ccccc1-c1cc(-c2cccc(-c3cccc(-c4ccc5c6ccccc6c6ccccc6c5c4)c3)c2)cc(-c2cccc(-c3ccc(-c4ccccc4)cc3)c2)c1O. The van der Waals surface area contributed by atoms with Crippen LogP contribution in [-0.4, -0.2) is 5.11 Å². The Morgan fingerprint density at radius 1 is 0.226 bits per heavy atom. The molecule has 0 atom stereocenters. The van der Waals surface area contributed by atoms with Gasteiger partial charge in [0.05, 0.1) is 0 Å². The lowest BCUT2D eigenvalue weighted by Gasteiger charge is -2.17. The second kappa shape index (κ2) is 15.6. The smallest absolute Gasteiger partial charge is 0.131 e. The molecular weight excluding hydrogens is 749 g/mol. The average molecular weight is 791 g/mol. The lowest BCUT2D eigenvalue weighted by molar-refractivity contribution is 0.479. The fraction of sp³-hybridized carbons (Fsp3) is 0.0164. The predicted molar refractivity (Wildman–Crippen MR) is 263 cm³/mol. The second-order valence-corrected chi connectivity index (χ2v) is 16.3. The van der Waals surface area contributed by atoms with E-state index in [9.17, 15) is 5.11 Å². The molecular formula is C61H42O. The molecule has 1 heteroatoms. The number of phenols is 1. The summed E-state index contributed by atoms with van der Waals surface area (Å²) in [6.45, 7) is 2.11. The first-order valence-corrected chi connectivity index (χ1v) is 21.3. The molecule has 292 valence electrons. The molecule has 0 amide bonds. The molecule has 0 heterocycles. The zero-order valence-electron chi connectivity index (χ0n) is 34.4. The van der Waals surface area contributed by atoms with Gasteiger partial charge < -0.3 is 5.11 Å². The Morgan fingerprint density at radius 2 is 0.597 bits per heavy atom. The van der Waals surface area contributed by atoms with E-state index in [2.05, 4.69) is 219 Å². The summed E-state index contributed by atoms with van der Waals surface area (Å²) in [6, 6.07) is 82.4. The van der Waals surface area contributed by atoms with Gasteiger partial charge in [-0.3, -0.25) is 0 Å². The normalized spacial score (nSPS) is 11.4. The van der Waals surface area contributed by atoms with Crippen molar-refractivity contribution < 1.29 is 5.11 Å². The summed E-state index contributed by atoms with van der Waals surface area (Å²) in [4.78, 5) is 0. The molecule has 0 aliphatic rings. The van der Waals surface area contributed by atoms with Crippen molar-refractivity contribution in [3.05, 3.63) is 236 Å². The minimum absolute atomic E-state index is 0.277. The topological polar surface area (TPSA) is 20.2 Å². The van der Waals surface area contributed by atoms with E-state index in [0.29, 0.717) is 0 Å². The van der Waals surface area contributed by atoms with Crippen LogP contribution in [0.25, 0.3) is 110 Å². The quantitative estimate of drug-likeness (QED) is 0.159. The summed E-state index contributed by atoms with van der Waals surface area (Å²) in [6.07, 6.45) is 0. The molecule has 0 aliphatic heterocycles. The summed E-state index contributed by atoms with van der Waals surface area (Å²) >= 11 is 0. The van der Waals surface area contributed by atoms with Crippen LogP contribution in [0.4, 0.5) is 0 Å². The second-order valence-electron chi connectivity index (χ2n) is 16.3. The van der Waals surface area contributed by atoms with E-state index in [1.54, 1.807) is 0 Å². The van der Waals surface area contributed by atoms with Crippen molar-refractivity contribution >= 4 is 32.3 Å². The molecule has 1 N–H and O–H groups in total. The highest BCUT2D eigenvalue weighted by Crippen LogP contribution is 2.44. The van der Waals surface area contributed by atoms with Crippen LogP contribution >= 0.6 is 0 Å². The monoisotopic (exact) mass is 790 g/mol. The van der Waals surface area contributed by atoms with Crippen molar-refractivity contribution in [1.82, 2.24) is 0 Å². The number of phenolic OH excluding ortho intramolecular Hbond substituents is 1. The number of benzene rings is 11. The van der Waals surface area contributed by atoms with Gasteiger partial charge in [0.1, 0.15) is 5.75 Å². The molecule has 0 unspecified atom stereocenters. The van der Waals surface area contributed by atoms with E-state index in [-0.39, 0.29) is 5.75 Å². The van der Waals surface area contributed by atoms with Crippen molar-refractivity contribution in [2.75, 3.05) is 0 Å². The van der Waals surface area contributed by atoms with Crippen molar-refractivity contribution in [2.45, 2.75) is 6.92 Å². The highest BCUT2D eigenvalue weighted by molar-refractivity contribution is 6.25. The van der Waals surface area contributed by atoms with Gasteiger partial charge in [0.15, 0.2) is 0 Å². The third kappa shape index (κ3) is 6.71. The van der Waals surface area contributed by atoms with E-state index in [0.717, 1.165) is 61.2 Å². The molecule has 11 aromatic rings. The Labute approximate surface area is 362 Å². The van der Waals surface area contributed by atoms with Crippen LogP contribution in [0, 0.1) is 6.92 Å². The number of aryl methyl sites for hydroxylation is 1. The number of hydrogen-bond acceptors (Lipinski definition) is 1. The number of aromatic hydroxyl groups is 1. The van der Waals surface area contributed by atoms with Gasteiger partial charge in [-0.05, 0) is 148 Å². The summed E-state index contributed by atoms with van der Waals surface area (Å²) in [5.74, 6) is 0.277. The zero-order valence-corrected chi connectivity index (χ0v) is 34.4. The number of fused-ring (bicyclic) bond motifs is 6. The third-order valence-corrected chi connectivity index (χ3v) is 12.5. The van der Waals surface area contributed by atoms with Crippen molar-refractivity contribution in [1.29, 1.82) is 0 Å². The van der Waals surface area contributed by atoms with Gasteiger partial charge in [-0.2, -0.15) is 0 Å². The lowest BCUT2D eigenvalue weighted by Crippen LogP contribution is -1.91. The molecule has 0 saturated carbocycles. The Morgan fingerprint density at radius 3 is 1.19 bits per heavy atom. The van der Waals surface area contributed by atoms with Gasteiger partial charge in [0.2, 0.25) is 0 Å². The summed E-state index contributed by atoms with van der Waals surface area (Å²) < 4.78 is 0. The first kappa shape index (κ1) is 37.0. The molecule has 0 fully saturated rings. The maximum absolute atomic E-state index is 12.2. The van der Waals surface area contributed by atoms with E-state index >= 15 is 0 Å². The lowest BCUT2D eigenvalue weighted by atomic mass is 9.89. The van der Waals surface area contributed by atoms with Gasteiger partial charge in [-0.1, -0.05) is 194 Å². The Balaban J connectivity index is 0.988. The molecule has 11 rings (SSSR count). The van der Waals surface area contributed by atoms with Gasteiger partial charge in [-0.15, -0.1) is 0 Å². The van der Waals surface area contributed by atoms with Crippen molar-refractivity contribution in [3.63, 3.8) is 0 Å². The predicted octanol–water partition coefficient (Wildman–Crippen LogP) is 16.8. The van der Waals surface area contributed by atoms with E-state index in [1.807, 2.05) is 18.2 Å². The van der Waals surface area contributed by atoms with E-state index in [1.165, 1.54) is 54.6 Å². The highest BCUT2D eigenvalue weighted by Gasteiger charge is 2.18. The van der Waals surface area contributed by atoms with Crippen LogP contribution < -0.4 is 0 Å². The number of rotatable bonds is 7. The summed E-state index contributed by atoms with van der Waals surface area (Å²) in [5.41, 5.74) is 16.1. The third-order valence-electron chi connectivity index (χ3n) is 12.5. The van der Waals surface area contributed by atoms with Gasteiger partial charge in [0, 0.05) is 11.1 Å². The zero-order chi connectivity index (χ0) is 41.6. The molecule has 0 aliphatic carbocycles. The summed E-state index contributed by atoms with van der Waals surface area (Å²) in [5, 5.41) is 19.8. The van der Waals surface area contributed by atoms with Crippen molar-refractivity contribution in [2.24, 2.45) is 0 Å². The van der Waals surface area contributed by atoms with Crippen LogP contribution in [0.15, 0.2) is 231 Å². The Bertz CT molecular complexity index is 3430. The maximum Gasteiger partial charge on any atom is 0.131 e. The molecule has 0 spiro atoms. The number of hydrogen-bond donors (Lipinski definition) is 1. The molecule has 11 aromatic carbocycles. The Kier molecular flexibility index (Phi) is 9.29. The van der Waals surface area contributed by atoms with Crippen LogP contribution in [0.3, 0.4) is 0 Å². The van der Waals surface area contributed by atoms with Crippen LogP contribution in [-0.2, 0) is 0 Å². The summed E-state index contributed by atoms with van der Waals surface area (Å²) in [7, 11) is 0. The minimum Gasteiger partial charge on any atom is -0.507 e. The standard InChI is InChI=1S/C61H42O/c1-40-14-5-6-23-52(40)60-39-51(38-58(61(60)62)50-22-13-17-44(36-50)43-30-28-42(29-31-43)41-15-3-2-4-16-41)48-21-12-19-46(35-48)45-18-11-20-47(34-45)49-32-33-57-55-26-8-7-24-53(55)54-25-9-10-27-56(54)59(57)37-49/h2-39,62H,1H3. The molecule has 1 nitrogen and oxygen atoms in total. The molecule has 0 aromatic heterocycles. The maximum atomic E-state index is 12.2. The molecule has 0 bridgehead atoms. The first-order chi connectivity index (χ1) is 30.6. The highest BCUT2D eigenvalue weighted by atomic mass is 16.3. The Hall–Kier alpha value is -8.00. The average Bonchev–Trinajstić information content (AvgIpc) is 3.35. The molecule has 0 saturated heterocycles. The fourth-order valence-corrected chi connectivity index (χ4v) is 9.30. The minimum atomic E-state index is 0.277. The van der Waals surface area contributed by atoms with Gasteiger partial charge >= 0.3 is 0 Å². The van der Waals surface area contributed by atoms with Crippen LogP contribution in [0.1, 0.15) is 5.56 Å². The largest absolute Gasteiger partial charge is 0.507 e. The van der Waals surface area contributed by atoms with E-state index < -0.39 is 0 Å². The van der Waals surface area contributed by atoms with Gasteiger partial charge in [0.25, 0.3) is 0 Å². The molecule has 0 radical (unpaired) electrons. The van der Waals surface area contributed by atoms with E-state index in [4.69, 9.17) is 0 Å². The van der Waals surface area contributed by atoms with Crippen LogP contribution in [0.2, 0.25) is 0 Å². The fourth-order valence-electron chi connectivity index (χ4n) is 9.30. The van der Waals surface area contributed by atoms with Crippen molar-refractivity contribution in [3.8, 4) is 83.6 Å². The first-order valence-electron chi connectivity index (χ1n) is 21.3.